The van der Waals surface area contributed by atoms with Crippen LogP contribution in [-0.2, 0) is 14.8 Å². The molecule has 4 heterocycles. The van der Waals surface area contributed by atoms with Crippen molar-refractivity contribution in [3.63, 3.8) is 0 Å². The first-order valence-corrected chi connectivity index (χ1v) is 14.9. The number of aliphatic hydroxyl groups excluding tert-OH is 1. The molecule has 2 aromatic rings. The molecule has 2 fully saturated rings. The van der Waals surface area contributed by atoms with E-state index in [0.29, 0.717) is 38.9 Å². The number of aliphatic hydroxyl groups is 1. The number of urea groups is 1. The second kappa shape index (κ2) is 11.1. The molecular formula is C27H35N5O6S. The lowest BCUT2D eigenvalue weighted by molar-refractivity contribution is -0.127. The number of carbonyl (C=O) groups excluding carboxylic acids is 2. The van der Waals surface area contributed by atoms with Crippen molar-refractivity contribution >= 4 is 22.0 Å². The minimum absolute atomic E-state index is 0.0106. The van der Waals surface area contributed by atoms with Crippen molar-refractivity contribution in [3.8, 4) is 16.9 Å². The van der Waals surface area contributed by atoms with Gasteiger partial charge in [0.25, 0.3) is 0 Å². The van der Waals surface area contributed by atoms with E-state index in [1.165, 1.54) is 6.07 Å². The number of likely N-dealkylation sites (tertiary alicyclic amines) is 1. The first kappa shape index (κ1) is 27.4. The normalized spacial score (nSPS) is 24.6. The van der Waals surface area contributed by atoms with E-state index in [9.17, 15) is 23.1 Å². The van der Waals surface area contributed by atoms with Crippen molar-refractivity contribution in [1.29, 1.82) is 0 Å². The summed E-state index contributed by atoms with van der Waals surface area (Å²) in [5, 5.41) is 16.4. The van der Waals surface area contributed by atoms with Gasteiger partial charge in [-0.2, -0.15) is 4.31 Å². The number of piperidine rings is 1. The largest absolute Gasteiger partial charge is 0.492 e. The van der Waals surface area contributed by atoms with Gasteiger partial charge in [0.15, 0.2) is 0 Å². The Morgan fingerprint density at radius 2 is 2.03 bits per heavy atom. The average molecular weight is 558 g/mol. The van der Waals surface area contributed by atoms with Gasteiger partial charge in [-0.25, -0.2) is 13.2 Å². The van der Waals surface area contributed by atoms with Gasteiger partial charge in [-0.05, 0) is 43.0 Å². The zero-order chi connectivity index (χ0) is 27.6. The molecule has 0 bridgehead atoms. The number of benzene rings is 1. The number of sulfonamides is 1. The summed E-state index contributed by atoms with van der Waals surface area (Å²) in [6.07, 6.45) is 4.70. The summed E-state index contributed by atoms with van der Waals surface area (Å²) in [5.74, 6) is -0.244. The van der Waals surface area contributed by atoms with Crippen molar-refractivity contribution in [2.24, 2.45) is 0 Å². The predicted octanol–water partition coefficient (Wildman–Crippen LogP) is 1.73. The standard InChI is InChI=1S/C27H35N5O6S/c1-2-10-29-26(35)31-12-7-27(8-13-31)9-14-38-23-15-19(20-4-3-11-28-17-20)5-6-24(23)39(36,37)32-18-21(33)16-22(32)25(34)30-27/h3-6,11,15,17,21-22,33H,2,7-10,12-14,16,18H2,1H3,(H,29,35)(H,30,34)/t21-,22+/m1/s1. The molecular weight excluding hydrogens is 522 g/mol. The van der Waals surface area contributed by atoms with Gasteiger partial charge in [-0.1, -0.05) is 19.1 Å². The van der Waals surface area contributed by atoms with Crippen LogP contribution in [0.3, 0.4) is 0 Å². The molecule has 0 unspecified atom stereocenters. The fraction of sp³-hybridized carbons (Fsp3) is 0.519. The molecule has 5 rings (SSSR count). The third kappa shape index (κ3) is 5.59. The Kier molecular flexibility index (Phi) is 7.79. The zero-order valence-electron chi connectivity index (χ0n) is 22.0. The van der Waals surface area contributed by atoms with E-state index in [1.807, 2.05) is 13.0 Å². The van der Waals surface area contributed by atoms with Crippen LogP contribution >= 0.6 is 0 Å². The van der Waals surface area contributed by atoms with Crippen LogP contribution in [-0.4, -0.2) is 90.1 Å². The monoisotopic (exact) mass is 557 g/mol. The number of fused-ring (bicyclic) bond motifs is 2. The van der Waals surface area contributed by atoms with E-state index in [2.05, 4.69) is 15.6 Å². The minimum atomic E-state index is -4.16. The topological polar surface area (TPSA) is 141 Å². The lowest BCUT2D eigenvalue weighted by Crippen LogP contribution is -2.60. The molecule has 3 aliphatic heterocycles. The third-order valence-corrected chi connectivity index (χ3v) is 9.74. The number of amides is 3. The van der Waals surface area contributed by atoms with Crippen molar-refractivity contribution in [3.05, 3.63) is 42.7 Å². The number of pyridine rings is 1. The summed E-state index contributed by atoms with van der Waals surface area (Å²) < 4.78 is 34.9. The Morgan fingerprint density at radius 1 is 1.23 bits per heavy atom. The molecule has 39 heavy (non-hydrogen) atoms. The SMILES string of the molecule is CCCNC(=O)N1CCC2(CCOc3cc(-c4cccnc4)ccc3S(=O)(=O)N3C[C@H](O)C[C@H]3C(=O)N2)CC1. The Morgan fingerprint density at radius 3 is 2.74 bits per heavy atom. The highest BCUT2D eigenvalue weighted by molar-refractivity contribution is 7.89. The summed E-state index contributed by atoms with van der Waals surface area (Å²) in [4.78, 5) is 31.9. The van der Waals surface area contributed by atoms with E-state index >= 15 is 0 Å². The van der Waals surface area contributed by atoms with Crippen LogP contribution in [0.15, 0.2) is 47.6 Å². The number of aromatic nitrogens is 1. The number of carbonyl (C=O) groups is 2. The van der Waals surface area contributed by atoms with E-state index in [0.717, 1.165) is 21.9 Å². The smallest absolute Gasteiger partial charge is 0.317 e. The Hall–Kier alpha value is -3.22. The summed E-state index contributed by atoms with van der Waals surface area (Å²) in [7, 11) is -4.16. The average Bonchev–Trinajstić information content (AvgIpc) is 3.34. The maximum Gasteiger partial charge on any atom is 0.317 e. The fourth-order valence-corrected chi connectivity index (χ4v) is 7.33. The van der Waals surface area contributed by atoms with Crippen molar-refractivity contribution in [1.82, 2.24) is 24.8 Å². The van der Waals surface area contributed by atoms with E-state index in [4.69, 9.17) is 4.74 Å². The van der Waals surface area contributed by atoms with Crippen molar-refractivity contribution in [2.45, 2.75) is 61.6 Å². The van der Waals surface area contributed by atoms with Gasteiger partial charge in [-0.15, -0.1) is 0 Å². The molecule has 0 saturated carbocycles. The van der Waals surface area contributed by atoms with Crippen LogP contribution in [0.1, 0.15) is 39.0 Å². The van der Waals surface area contributed by atoms with Gasteiger partial charge in [0, 0.05) is 62.5 Å². The number of hydrogen-bond acceptors (Lipinski definition) is 7. The predicted molar refractivity (Wildman–Crippen MR) is 143 cm³/mol. The molecule has 2 atom stereocenters. The first-order valence-electron chi connectivity index (χ1n) is 13.4. The molecule has 1 spiro atoms. The van der Waals surface area contributed by atoms with E-state index in [-0.39, 0.29) is 36.2 Å². The Bertz CT molecular complexity index is 1310. The van der Waals surface area contributed by atoms with Crippen molar-refractivity contribution < 1.29 is 27.9 Å². The van der Waals surface area contributed by atoms with E-state index in [1.54, 1.807) is 35.5 Å². The molecule has 3 N–H and O–H groups in total. The Balaban J connectivity index is 1.47. The number of nitrogens with zero attached hydrogens (tertiary/aromatic N) is 3. The maximum atomic E-state index is 13.8. The highest BCUT2D eigenvalue weighted by Gasteiger charge is 2.47. The quantitative estimate of drug-likeness (QED) is 0.522. The second-order valence-electron chi connectivity index (χ2n) is 10.5. The molecule has 3 aliphatic rings. The van der Waals surface area contributed by atoms with Gasteiger partial charge in [-0.3, -0.25) is 9.78 Å². The molecule has 0 radical (unpaired) electrons. The summed E-state index contributed by atoms with van der Waals surface area (Å²) >= 11 is 0. The number of nitrogens with one attached hydrogen (secondary N) is 2. The third-order valence-electron chi connectivity index (χ3n) is 7.82. The minimum Gasteiger partial charge on any atom is -0.492 e. The van der Waals surface area contributed by atoms with Crippen LogP contribution in [0.4, 0.5) is 4.79 Å². The van der Waals surface area contributed by atoms with Crippen LogP contribution in [0.25, 0.3) is 11.1 Å². The van der Waals surface area contributed by atoms with Crippen LogP contribution < -0.4 is 15.4 Å². The number of ether oxygens (including phenoxy) is 1. The molecule has 0 aliphatic carbocycles. The molecule has 11 nitrogen and oxygen atoms in total. The molecule has 12 heteroatoms. The number of rotatable bonds is 3. The highest BCUT2D eigenvalue weighted by Crippen LogP contribution is 2.37. The first-order chi connectivity index (χ1) is 18.7. The second-order valence-corrected chi connectivity index (χ2v) is 12.3. The maximum absolute atomic E-state index is 13.8. The summed E-state index contributed by atoms with van der Waals surface area (Å²) in [5.41, 5.74) is 0.889. The molecule has 3 amide bonds. The van der Waals surface area contributed by atoms with Crippen LogP contribution in [0.5, 0.6) is 5.75 Å². The summed E-state index contributed by atoms with van der Waals surface area (Å²) in [6, 6.07) is 7.38. The lowest BCUT2D eigenvalue weighted by Gasteiger charge is -2.43. The van der Waals surface area contributed by atoms with Gasteiger partial charge in [0.2, 0.25) is 15.9 Å². The Labute approximate surface area is 228 Å². The van der Waals surface area contributed by atoms with Gasteiger partial charge < -0.3 is 25.4 Å². The molecule has 1 aromatic carbocycles. The zero-order valence-corrected chi connectivity index (χ0v) is 22.8. The molecule has 210 valence electrons. The summed E-state index contributed by atoms with van der Waals surface area (Å²) in [6.45, 7) is 3.49. The lowest BCUT2D eigenvalue weighted by atomic mass is 9.84. The molecule has 1 aromatic heterocycles. The molecule has 2 saturated heterocycles. The van der Waals surface area contributed by atoms with Crippen LogP contribution in [0.2, 0.25) is 0 Å². The highest BCUT2D eigenvalue weighted by atomic mass is 32.2. The number of hydrogen-bond donors (Lipinski definition) is 3. The van der Waals surface area contributed by atoms with Crippen LogP contribution in [0, 0.1) is 0 Å². The van der Waals surface area contributed by atoms with E-state index < -0.39 is 33.6 Å². The van der Waals surface area contributed by atoms with Gasteiger partial charge in [0.05, 0.1) is 12.7 Å². The van der Waals surface area contributed by atoms with Gasteiger partial charge in [0.1, 0.15) is 16.7 Å². The van der Waals surface area contributed by atoms with Crippen molar-refractivity contribution in [2.75, 3.05) is 32.8 Å². The fourth-order valence-electron chi connectivity index (χ4n) is 5.58. The van der Waals surface area contributed by atoms with Gasteiger partial charge >= 0.3 is 6.03 Å².